The van der Waals surface area contributed by atoms with Crippen molar-refractivity contribution >= 4 is 23.2 Å². The summed E-state index contributed by atoms with van der Waals surface area (Å²) in [5, 5.41) is 6.07. The molecule has 29 heavy (non-hydrogen) atoms. The quantitative estimate of drug-likeness (QED) is 0.681. The van der Waals surface area contributed by atoms with Gasteiger partial charge in [-0.05, 0) is 41.8 Å². The molecule has 0 aromatic heterocycles. The number of carbonyl (C=O) groups excluding carboxylic acids is 2. The monoisotopic (exact) mass is 385 g/mol. The number of nitrogens with one attached hydrogen (secondary N) is 2. The van der Waals surface area contributed by atoms with E-state index in [1.807, 2.05) is 65.6 Å². The molecule has 3 aromatic carbocycles. The van der Waals surface area contributed by atoms with Crippen molar-refractivity contribution in [3.63, 3.8) is 0 Å². The second-order valence-corrected chi connectivity index (χ2v) is 7.03. The minimum absolute atomic E-state index is 0.0221. The Labute approximate surface area is 170 Å². The van der Waals surface area contributed by atoms with E-state index < -0.39 is 0 Å². The van der Waals surface area contributed by atoms with Gasteiger partial charge in [0.15, 0.2) is 0 Å². The van der Waals surface area contributed by atoms with Crippen LogP contribution in [0.5, 0.6) is 0 Å². The zero-order valence-electron chi connectivity index (χ0n) is 16.1. The van der Waals surface area contributed by atoms with Crippen LogP contribution >= 0.6 is 0 Å². The van der Waals surface area contributed by atoms with Crippen LogP contribution in [0.15, 0.2) is 78.9 Å². The number of hydrogen-bond acceptors (Lipinski definition) is 3. The highest BCUT2D eigenvalue weighted by Crippen LogP contribution is 2.27. The molecule has 0 saturated carbocycles. The van der Waals surface area contributed by atoms with E-state index in [1.165, 1.54) is 5.56 Å². The van der Waals surface area contributed by atoms with Crippen molar-refractivity contribution in [3.05, 3.63) is 95.6 Å². The van der Waals surface area contributed by atoms with Gasteiger partial charge in [0, 0.05) is 30.0 Å². The molecule has 0 unspecified atom stereocenters. The third-order valence-corrected chi connectivity index (χ3v) is 5.05. The van der Waals surface area contributed by atoms with Crippen LogP contribution in [0.3, 0.4) is 0 Å². The van der Waals surface area contributed by atoms with E-state index in [2.05, 4.69) is 16.7 Å². The largest absolute Gasteiger partial charge is 0.376 e. The lowest BCUT2D eigenvalue weighted by molar-refractivity contribution is -0.116. The number of benzene rings is 3. The molecular weight excluding hydrogens is 362 g/mol. The van der Waals surface area contributed by atoms with Crippen LogP contribution in [-0.4, -0.2) is 24.9 Å². The molecule has 5 nitrogen and oxygen atoms in total. The number of nitrogens with zero attached hydrogens (tertiary/aromatic N) is 1. The molecule has 1 heterocycles. The van der Waals surface area contributed by atoms with Gasteiger partial charge in [-0.2, -0.15) is 0 Å². The van der Waals surface area contributed by atoms with Gasteiger partial charge in [-0.15, -0.1) is 0 Å². The summed E-state index contributed by atoms with van der Waals surface area (Å²) in [7, 11) is 0. The minimum atomic E-state index is -0.141. The standard InChI is InChI=1S/C24H23N3O2/c28-23(27-14-13-19-9-4-5-12-22(19)27)17-25-21-11-6-10-20(15-21)24(29)26-16-18-7-2-1-3-8-18/h1-12,15,25H,13-14,16-17H2,(H,26,29). The SMILES string of the molecule is O=C(NCc1ccccc1)c1cccc(NCC(=O)N2CCc3ccccc32)c1. The smallest absolute Gasteiger partial charge is 0.251 e. The van der Waals surface area contributed by atoms with Crippen LogP contribution in [0.2, 0.25) is 0 Å². The molecule has 0 radical (unpaired) electrons. The molecule has 0 bridgehead atoms. The molecule has 5 heteroatoms. The van der Waals surface area contributed by atoms with Gasteiger partial charge in [0.2, 0.25) is 5.91 Å². The van der Waals surface area contributed by atoms with Gasteiger partial charge in [-0.25, -0.2) is 0 Å². The molecular formula is C24H23N3O2. The second kappa shape index (κ2) is 8.61. The van der Waals surface area contributed by atoms with Crippen molar-refractivity contribution in [3.8, 4) is 0 Å². The zero-order valence-corrected chi connectivity index (χ0v) is 16.1. The van der Waals surface area contributed by atoms with Gasteiger partial charge in [0.05, 0.1) is 6.54 Å². The average Bonchev–Trinajstić information content (AvgIpc) is 3.21. The Hall–Kier alpha value is -3.60. The van der Waals surface area contributed by atoms with Crippen molar-refractivity contribution < 1.29 is 9.59 Å². The second-order valence-electron chi connectivity index (χ2n) is 7.03. The van der Waals surface area contributed by atoms with Crippen LogP contribution < -0.4 is 15.5 Å². The molecule has 3 aromatic rings. The molecule has 0 fully saturated rings. The van der Waals surface area contributed by atoms with Crippen LogP contribution in [-0.2, 0) is 17.8 Å². The summed E-state index contributed by atoms with van der Waals surface area (Å²) in [6, 6.07) is 25.0. The van der Waals surface area contributed by atoms with Gasteiger partial charge in [-0.3, -0.25) is 9.59 Å². The first-order chi connectivity index (χ1) is 14.2. The molecule has 0 aliphatic carbocycles. The predicted octanol–water partition coefficient (Wildman–Crippen LogP) is 3.62. The first-order valence-corrected chi connectivity index (χ1v) is 9.75. The molecule has 1 aliphatic rings. The van der Waals surface area contributed by atoms with Crippen LogP contribution in [0.1, 0.15) is 21.5 Å². The number of rotatable bonds is 6. The molecule has 0 saturated heterocycles. The first kappa shape index (κ1) is 18.7. The Morgan fingerprint density at radius 1 is 0.897 bits per heavy atom. The lowest BCUT2D eigenvalue weighted by Crippen LogP contribution is -2.34. The Bertz CT molecular complexity index is 1020. The third kappa shape index (κ3) is 4.46. The third-order valence-electron chi connectivity index (χ3n) is 5.05. The van der Waals surface area contributed by atoms with Crippen molar-refractivity contribution in [2.24, 2.45) is 0 Å². The van der Waals surface area contributed by atoms with Crippen molar-refractivity contribution in [1.82, 2.24) is 5.32 Å². The maximum Gasteiger partial charge on any atom is 0.251 e. The highest BCUT2D eigenvalue weighted by Gasteiger charge is 2.23. The zero-order chi connectivity index (χ0) is 20.1. The first-order valence-electron chi connectivity index (χ1n) is 9.75. The Balaban J connectivity index is 1.34. The fraction of sp³-hybridized carbons (Fsp3) is 0.167. The lowest BCUT2D eigenvalue weighted by atomic mass is 10.1. The number of carbonyl (C=O) groups is 2. The molecule has 0 spiro atoms. The van der Waals surface area contributed by atoms with E-state index in [1.54, 1.807) is 12.1 Å². The topological polar surface area (TPSA) is 61.4 Å². The number of amides is 2. The maximum absolute atomic E-state index is 12.6. The normalized spacial score (nSPS) is 12.3. The van der Waals surface area contributed by atoms with Gasteiger partial charge in [0.1, 0.15) is 0 Å². The predicted molar refractivity (Wildman–Crippen MR) is 115 cm³/mol. The van der Waals surface area contributed by atoms with Gasteiger partial charge in [-0.1, -0.05) is 54.6 Å². The Morgan fingerprint density at radius 3 is 2.55 bits per heavy atom. The van der Waals surface area contributed by atoms with E-state index in [4.69, 9.17) is 0 Å². The average molecular weight is 385 g/mol. The van der Waals surface area contributed by atoms with E-state index in [-0.39, 0.29) is 18.4 Å². The van der Waals surface area contributed by atoms with Gasteiger partial charge < -0.3 is 15.5 Å². The van der Waals surface area contributed by atoms with E-state index in [9.17, 15) is 9.59 Å². The maximum atomic E-state index is 12.6. The fourth-order valence-electron chi connectivity index (χ4n) is 3.52. The minimum Gasteiger partial charge on any atom is -0.376 e. The van der Waals surface area contributed by atoms with Crippen LogP contribution in [0.4, 0.5) is 11.4 Å². The van der Waals surface area contributed by atoms with Crippen molar-refractivity contribution in [2.75, 3.05) is 23.3 Å². The summed E-state index contributed by atoms with van der Waals surface area (Å²) < 4.78 is 0. The van der Waals surface area contributed by atoms with Crippen LogP contribution in [0.25, 0.3) is 0 Å². The molecule has 0 atom stereocenters. The van der Waals surface area contributed by atoms with E-state index >= 15 is 0 Å². The fourth-order valence-corrected chi connectivity index (χ4v) is 3.52. The summed E-state index contributed by atoms with van der Waals surface area (Å²) in [6.45, 7) is 1.37. The Kier molecular flexibility index (Phi) is 5.56. The highest BCUT2D eigenvalue weighted by molar-refractivity contribution is 5.98. The summed E-state index contributed by atoms with van der Waals surface area (Å²) in [6.07, 6.45) is 0.888. The van der Waals surface area contributed by atoms with E-state index in [0.29, 0.717) is 18.7 Å². The lowest BCUT2D eigenvalue weighted by Gasteiger charge is -2.18. The summed E-state index contributed by atoms with van der Waals surface area (Å²) in [4.78, 5) is 26.9. The number of para-hydroxylation sites is 1. The van der Waals surface area contributed by atoms with Crippen molar-refractivity contribution in [1.29, 1.82) is 0 Å². The summed E-state index contributed by atoms with van der Waals surface area (Å²) >= 11 is 0. The molecule has 2 N–H and O–H groups in total. The highest BCUT2D eigenvalue weighted by atomic mass is 16.2. The van der Waals surface area contributed by atoms with Crippen LogP contribution in [0, 0.1) is 0 Å². The summed E-state index contributed by atoms with van der Waals surface area (Å²) in [5.74, 6) is -0.119. The molecule has 146 valence electrons. The number of fused-ring (bicyclic) bond motifs is 1. The van der Waals surface area contributed by atoms with Crippen molar-refractivity contribution in [2.45, 2.75) is 13.0 Å². The summed E-state index contributed by atoms with van der Waals surface area (Å²) in [5.41, 5.74) is 4.56. The molecule has 4 rings (SSSR count). The molecule has 1 aliphatic heterocycles. The number of hydrogen-bond donors (Lipinski definition) is 2. The van der Waals surface area contributed by atoms with Gasteiger partial charge >= 0.3 is 0 Å². The van der Waals surface area contributed by atoms with Gasteiger partial charge in [0.25, 0.3) is 5.91 Å². The molecule has 2 amide bonds. The van der Waals surface area contributed by atoms with E-state index in [0.717, 1.165) is 23.4 Å². The Morgan fingerprint density at radius 2 is 1.69 bits per heavy atom. The number of anilines is 2.